The molecule has 1 aliphatic rings. The Labute approximate surface area is 216 Å². The van der Waals surface area contributed by atoms with Crippen molar-refractivity contribution in [2.24, 2.45) is 0 Å². The zero-order chi connectivity index (χ0) is 21.8. The van der Waals surface area contributed by atoms with Crippen molar-refractivity contribution in [3.63, 3.8) is 0 Å². The zero-order valence-corrected chi connectivity index (χ0v) is 23.2. The Morgan fingerprint density at radius 2 is 1.90 bits per heavy atom. The molecule has 2 heterocycles. The topological polar surface area (TPSA) is 54.5 Å². The molecule has 167 valence electrons. The third-order valence-electron chi connectivity index (χ3n) is 6.13. The summed E-state index contributed by atoms with van der Waals surface area (Å²) >= 11 is 1.63. The van der Waals surface area contributed by atoms with Crippen LogP contribution in [0.1, 0.15) is 69.7 Å². The number of hydrogen-bond donors (Lipinski definition) is 0. The summed E-state index contributed by atoms with van der Waals surface area (Å²) in [7, 11) is -3.29. The minimum Gasteiger partial charge on any atom is -0.300 e. The van der Waals surface area contributed by atoms with Crippen molar-refractivity contribution in [3.05, 3.63) is 52.2 Å². The van der Waals surface area contributed by atoms with Crippen molar-refractivity contribution < 1.29 is 45.9 Å². The maximum atomic E-state index is 12.7. The molecule has 1 aromatic heterocycles. The molecule has 2 aromatic rings. The maximum absolute atomic E-state index is 12.7. The number of unbranched alkanes of at least 4 members (excludes halogenated alkanes) is 1. The van der Waals surface area contributed by atoms with Crippen LogP contribution in [0, 0.1) is 5.38 Å². The zero-order valence-electron chi connectivity index (χ0n) is 18.8. The van der Waals surface area contributed by atoms with Gasteiger partial charge in [-0.3, -0.25) is 9.10 Å². The van der Waals surface area contributed by atoms with Gasteiger partial charge in [-0.15, -0.1) is 10.3 Å². The van der Waals surface area contributed by atoms with Crippen LogP contribution < -0.4 is 4.31 Å². The van der Waals surface area contributed by atoms with E-state index in [1.807, 2.05) is 44.2 Å². The van der Waals surface area contributed by atoms with E-state index in [0.717, 1.165) is 37.7 Å². The van der Waals surface area contributed by atoms with E-state index in [0.29, 0.717) is 18.5 Å². The molecule has 7 heteroatoms. The molecule has 0 aliphatic carbocycles. The second-order valence-electron chi connectivity index (χ2n) is 8.66. The van der Waals surface area contributed by atoms with Crippen LogP contribution in [0.2, 0.25) is 0 Å². The Kier molecular flexibility index (Phi) is 9.93. The van der Waals surface area contributed by atoms with Crippen LogP contribution in [-0.2, 0) is 59.4 Å². The second-order valence-corrected chi connectivity index (χ2v) is 11.6. The first-order valence-electron chi connectivity index (χ1n) is 10.9. The monoisotopic (exact) mass is 535 g/mol. The standard InChI is InChI=1S/C24H32NO3S2.Y/c1-4-5-11-23(26)24(2,3)19-12-14-21(15-13-19)25-20(16-18-30(25,27)28)8-6-9-22-10-7-17-29-22;/h7,10,12-15,20H,4-6,8-9,11,16,18H2,1-3H3;/q-1;. The van der Waals surface area contributed by atoms with E-state index in [9.17, 15) is 13.2 Å². The summed E-state index contributed by atoms with van der Waals surface area (Å²) in [6, 6.07) is 11.6. The number of rotatable bonds is 10. The molecular formula is C24H32NO3S2Y-. The number of aryl methyl sites for hydroxylation is 1. The average Bonchev–Trinajstić information content (AvgIpc) is 3.33. The van der Waals surface area contributed by atoms with E-state index in [4.69, 9.17) is 0 Å². The van der Waals surface area contributed by atoms with Gasteiger partial charge in [0.1, 0.15) is 5.78 Å². The van der Waals surface area contributed by atoms with Gasteiger partial charge in [-0.2, -0.15) is 6.07 Å². The van der Waals surface area contributed by atoms with Crippen LogP contribution >= 0.6 is 11.3 Å². The number of sulfonamides is 1. The van der Waals surface area contributed by atoms with Gasteiger partial charge < -0.3 is 11.3 Å². The third-order valence-corrected chi connectivity index (χ3v) is 8.84. The van der Waals surface area contributed by atoms with Crippen LogP contribution in [0.3, 0.4) is 0 Å². The second kappa shape index (κ2) is 11.5. The van der Waals surface area contributed by atoms with Crippen molar-refractivity contribution in [2.75, 3.05) is 10.1 Å². The third kappa shape index (κ3) is 6.49. The van der Waals surface area contributed by atoms with E-state index >= 15 is 0 Å². The molecule has 1 fully saturated rings. The van der Waals surface area contributed by atoms with E-state index in [-0.39, 0.29) is 50.3 Å². The SMILES string of the molecule is CCCCC(=O)C(C)(C)c1ccc(N2C(CCCc3cc[c-]s3)CCS2(=O)=O)cc1.[Y]. The summed E-state index contributed by atoms with van der Waals surface area (Å²) in [4.78, 5) is 13.9. The quantitative estimate of drug-likeness (QED) is 0.377. The first kappa shape index (κ1) is 26.7. The summed E-state index contributed by atoms with van der Waals surface area (Å²) in [5, 5.41) is 3.10. The summed E-state index contributed by atoms with van der Waals surface area (Å²) in [5.74, 6) is 0.433. The average molecular weight is 536 g/mol. The number of Topliss-reactive ketones (excluding diaryl/α,β-unsaturated/α-hetero) is 1. The Morgan fingerprint density at radius 3 is 2.52 bits per heavy atom. The summed E-state index contributed by atoms with van der Waals surface area (Å²) in [6.45, 7) is 6.00. The molecule has 0 bridgehead atoms. The Balaban J connectivity index is 0.00000341. The normalized spacial score (nSPS) is 18.0. The first-order valence-corrected chi connectivity index (χ1v) is 13.3. The van der Waals surface area contributed by atoms with Gasteiger partial charge in [0.2, 0.25) is 10.0 Å². The number of carbonyl (C=O) groups is 1. The molecule has 1 aliphatic heterocycles. The number of hydrogen-bond acceptors (Lipinski definition) is 4. The van der Waals surface area contributed by atoms with Gasteiger partial charge in [0, 0.05) is 50.6 Å². The van der Waals surface area contributed by atoms with E-state index < -0.39 is 15.4 Å². The van der Waals surface area contributed by atoms with Gasteiger partial charge in [-0.05, 0) is 50.8 Å². The molecule has 1 saturated heterocycles. The van der Waals surface area contributed by atoms with Gasteiger partial charge >= 0.3 is 0 Å². The van der Waals surface area contributed by atoms with Crippen molar-refractivity contribution in [1.82, 2.24) is 0 Å². The van der Waals surface area contributed by atoms with Crippen LogP contribution in [0.25, 0.3) is 0 Å². The fraction of sp³-hybridized carbons (Fsp3) is 0.542. The summed E-state index contributed by atoms with van der Waals surface area (Å²) < 4.78 is 27.1. The molecule has 0 saturated carbocycles. The Morgan fingerprint density at radius 1 is 1.19 bits per heavy atom. The molecule has 4 nitrogen and oxygen atoms in total. The largest absolute Gasteiger partial charge is 0.300 e. The van der Waals surface area contributed by atoms with Crippen LogP contribution in [0.5, 0.6) is 0 Å². The summed E-state index contributed by atoms with van der Waals surface area (Å²) in [6.07, 6.45) is 5.92. The molecular weight excluding hydrogens is 503 g/mol. The molecule has 31 heavy (non-hydrogen) atoms. The van der Waals surface area contributed by atoms with Gasteiger partial charge in [-0.25, -0.2) is 14.5 Å². The predicted octanol–water partition coefficient (Wildman–Crippen LogP) is 5.51. The molecule has 1 unspecified atom stereocenters. The van der Waals surface area contributed by atoms with Gasteiger partial charge in [0.25, 0.3) is 0 Å². The number of anilines is 1. The number of ketones is 1. The Bertz CT molecular complexity index is 938. The minimum absolute atomic E-state index is 0. The maximum Gasteiger partial charge on any atom is 0.235 e. The van der Waals surface area contributed by atoms with Crippen molar-refractivity contribution in [2.45, 2.75) is 77.2 Å². The fourth-order valence-electron chi connectivity index (χ4n) is 4.11. The number of benzene rings is 1. The number of carbonyl (C=O) groups excluding carboxylic acids is 1. The molecule has 1 aromatic carbocycles. The van der Waals surface area contributed by atoms with Crippen molar-refractivity contribution in [1.29, 1.82) is 0 Å². The number of thiophene rings is 1. The van der Waals surface area contributed by atoms with Crippen molar-refractivity contribution >= 4 is 32.8 Å². The van der Waals surface area contributed by atoms with Gasteiger partial charge in [-0.1, -0.05) is 38.3 Å². The molecule has 1 radical (unpaired) electrons. The molecule has 0 spiro atoms. The fourth-order valence-corrected chi connectivity index (χ4v) is 6.66. The van der Waals surface area contributed by atoms with Crippen LogP contribution in [0.4, 0.5) is 5.69 Å². The molecule has 3 rings (SSSR count). The first-order chi connectivity index (χ1) is 14.3. The number of nitrogens with zero attached hydrogens (tertiary/aromatic N) is 1. The van der Waals surface area contributed by atoms with E-state index in [2.05, 4.69) is 18.4 Å². The van der Waals surface area contributed by atoms with Gasteiger partial charge in [0.05, 0.1) is 11.4 Å². The van der Waals surface area contributed by atoms with Crippen LogP contribution in [-0.4, -0.2) is 26.0 Å². The molecule has 0 amide bonds. The summed E-state index contributed by atoms with van der Waals surface area (Å²) in [5.41, 5.74) is 1.09. The minimum atomic E-state index is -3.29. The van der Waals surface area contributed by atoms with E-state index in [1.165, 1.54) is 4.88 Å². The Hall–Kier alpha value is -0.556. The predicted molar refractivity (Wildman–Crippen MR) is 125 cm³/mol. The molecule has 0 N–H and O–H groups in total. The smallest absolute Gasteiger partial charge is 0.235 e. The van der Waals surface area contributed by atoms with Crippen molar-refractivity contribution in [3.8, 4) is 0 Å². The van der Waals surface area contributed by atoms with Crippen LogP contribution in [0.15, 0.2) is 36.4 Å². The van der Waals surface area contributed by atoms with Gasteiger partial charge in [0.15, 0.2) is 0 Å². The molecule has 1 atom stereocenters. The van der Waals surface area contributed by atoms with E-state index in [1.54, 1.807) is 15.6 Å².